The average molecular weight is 226 g/mol. The van der Waals surface area contributed by atoms with Gasteiger partial charge in [-0.1, -0.05) is 0 Å². The molecule has 0 saturated heterocycles. The molecule has 0 fully saturated rings. The van der Waals surface area contributed by atoms with Crippen LogP contribution in [0.2, 0.25) is 0 Å². The number of hydrogen-bond acceptors (Lipinski definition) is 3. The molecule has 0 aromatic carbocycles. The van der Waals surface area contributed by atoms with E-state index >= 15 is 0 Å². The van der Waals surface area contributed by atoms with Crippen molar-refractivity contribution in [3.05, 3.63) is 21.5 Å². The van der Waals surface area contributed by atoms with Crippen molar-refractivity contribution in [2.45, 2.75) is 19.5 Å². The first kappa shape index (κ1) is 10.1. The lowest BCUT2D eigenvalue weighted by Gasteiger charge is -2.07. The number of fused-ring (bicyclic) bond motifs is 1. The Morgan fingerprint density at radius 2 is 2.47 bits per heavy atom. The Bertz CT molecular complexity index is 593. The number of quaternary nitrogens is 1. The van der Waals surface area contributed by atoms with E-state index in [0.717, 1.165) is 0 Å². The third-order valence-electron chi connectivity index (χ3n) is 2.06. The van der Waals surface area contributed by atoms with Gasteiger partial charge < -0.3 is 10.7 Å². The Hall–Kier alpha value is -1.47. The van der Waals surface area contributed by atoms with Gasteiger partial charge in [0, 0.05) is 0 Å². The lowest BCUT2D eigenvalue weighted by molar-refractivity contribution is -0.416. The van der Waals surface area contributed by atoms with Crippen molar-refractivity contribution in [2.24, 2.45) is 0 Å². The number of H-pyrrole nitrogens is 2. The van der Waals surface area contributed by atoms with Crippen molar-refractivity contribution in [3.8, 4) is 0 Å². The maximum atomic E-state index is 11.5. The Morgan fingerprint density at radius 1 is 1.73 bits per heavy atom. The maximum absolute atomic E-state index is 11.5. The van der Waals surface area contributed by atoms with Gasteiger partial charge in [0.1, 0.15) is 5.52 Å². The third kappa shape index (κ3) is 1.71. The summed E-state index contributed by atoms with van der Waals surface area (Å²) in [7, 11) is 0. The van der Waals surface area contributed by atoms with Gasteiger partial charge in [-0.15, -0.1) is 0 Å². The molecule has 2 aromatic rings. The lowest BCUT2D eigenvalue weighted by Crippen LogP contribution is -2.61. The van der Waals surface area contributed by atoms with E-state index in [1.807, 2.05) is 6.92 Å². The number of aromatic nitrogens is 4. The van der Waals surface area contributed by atoms with Gasteiger partial charge in [0.15, 0.2) is 10.4 Å². The number of rotatable bonds is 2. The second kappa shape index (κ2) is 3.59. The largest absolute Gasteiger partial charge is 0.354 e. The topological polar surface area (TPSA) is 94.1 Å². The van der Waals surface area contributed by atoms with Crippen LogP contribution in [0.3, 0.4) is 0 Å². The van der Waals surface area contributed by atoms with Crippen LogP contribution < -0.4 is 11.3 Å². The molecular weight excluding hydrogens is 214 g/mol. The van der Waals surface area contributed by atoms with E-state index < -0.39 is 0 Å². The quantitative estimate of drug-likeness (QED) is 0.597. The van der Waals surface area contributed by atoms with Crippen molar-refractivity contribution in [1.29, 1.82) is 0 Å². The molecule has 2 heterocycles. The van der Waals surface area contributed by atoms with Crippen molar-refractivity contribution >= 4 is 23.4 Å². The van der Waals surface area contributed by atoms with E-state index in [1.54, 1.807) is 4.57 Å². The summed E-state index contributed by atoms with van der Waals surface area (Å²) in [5.74, 6) is 0. The predicted octanol–water partition coefficient (Wildman–Crippen LogP) is -0.587. The van der Waals surface area contributed by atoms with Gasteiger partial charge in [0.2, 0.25) is 0 Å². The lowest BCUT2D eigenvalue weighted by atomic mass is 10.3. The van der Waals surface area contributed by atoms with Crippen LogP contribution in [0.15, 0.2) is 11.1 Å². The van der Waals surface area contributed by atoms with Gasteiger partial charge in [0.25, 0.3) is 5.56 Å². The van der Waals surface area contributed by atoms with Crippen LogP contribution in [0.1, 0.15) is 6.92 Å². The molecule has 2 aromatic heterocycles. The summed E-state index contributed by atoms with van der Waals surface area (Å²) in [6, 6.07) is 0.197. The summed E-state index contributed by atoms with van der Waals surface area (Å²) in [6.07, 6.45) is 1.49. The minimum atomic E-state index is -0.236. The molecule has 5 N–H and O–H groups in total. The number of imidazole rings is 1. The molecule has 1 unspecified atom stereocenters. The number of nitrogens with one attached hydrogen (secondary N) is 2. The molecule has 0 amide bonds. The molecule has 80 valence electrons. The van der Waals surface area contributed by atoms with Crippen LogP contribution >= 0.6 is 12.2 Å². The molecule has 0 aliphatic heterocycles. The van der Waals surface area contributed by atoms with Gasteiger partial charge >= 0.3 is 0 Å². The van der Waals surface area contributed by atoms with E-state index in [4.69, 9.17) is 12.2 Å². The molecule has 7 heteroatoms. The van der Waals surface area contributed by atoms with Crippen LogP contribution in [0, 0.1) is 4.77 Å². The molecule has 0 bridgehead atoms. The molecule has 1 atom stereocenters. The Morgan fingerprint density at radius 3 is 3.13 bits per heavy atom. The Labute approximate surface area is 90.1 Å². The molecule has 0 saturated carbocycles. The van der Waals surface area contributed by atoms with Gasteiger partial charge in [0.05, 0.1) is 18.9 Å². The van der Waals surface area contributed by atoms with Gasteiger partial charge in [-0.25, -0.2) is 4.98 Å². The standard InChI is InChI=1S/C8H11N5OS/c1-4(9)2-13-6-5(10-3-11-6)7(14)12-8(13)15/h3-4H,2,9H2,1H3,(H,10,11)(H,12,14,15)/p+1. The predicted molar refractivity (Wildman–Crippen MR) is 57.9 cm³/mol. The van der Waals surface area contributed by atoms with E-state index in [-0.39, 0.29) is 11.6 Å². The Balaban J connectivity index is 2.77. The minimum Gasteiger partial charge on any atom is -0.354 e. The zero-order chi connectivity index (χ0) is 11.0. The first-order valence-corrected chi connectivity index (χ1v) is 4.99. The number of hydrogen-bond donors (Lipinski definition) is 3. The van der Waals surface area contributed by atoms with Gasteiger partial charge in [-0.05, 0) is 19.1 Å². The molecule has 0 aliphatic carbocycles. The van der Waals surface area contributed by atoms with Crippen LogP contribution in [0.4, 0.5) is 0 Å². The molecule has 0 radical (unpaired) electrons. The van der Waals surface area contributed by atoms with E-state index in [2.05, 4.69) is 20.7 Å². The molecule has 2 rings (SSSR count). The van der Waals surface area contributed by atoms with Crippen LogP contribution in [-0.4, -0.2) is 25.6 Å². The number of nitrogens with zero attached hydrogens (tertiary/aromatic N) is 2. The van der Waals surface area contributed by atoms with Crippen LogP contribution in [0.5, 0.6) is 0 Å². The first-order valence-electron chi connectivity index (χ1n) is 4.59. The zero-order valence-corrected chi connectivity index (χ0v) is 9.10. The van der Waals surface area contributed by atoms with E-state index in [0.29, 0.717) is 22.5 Å². The summed E-state index contributed by atoms with van der Waals surface area (Å²) in [4.78, 5) is 20.9. The normalized spacial score (nSPS) is 13.2. The second-order valence-corrected chi connectivity index (χ2v) is 3.96. The highest BCUT2D eigenvalue weighted by atomic mass is 32.1. The summed E-state index contributed by atoms with van der Waals surface area (Å²) >= 11 is 5.08. The van der Waals surface area contributed by atoms with E-state index in [9.17, 15) is 4.79 Å². The molecule has 0 spiro atoms. The molecule has 15 heavy (non-hydrogen) atoms. The summed E-state index contributed by atoms with van der Waals surface area (Å²) in [6.45, 7) is 2.61. The van der Waals surface area contributed by atoms with Crippen LogP contribution in [0.25, 0.3) is 11.2 Å². The fourth-order valence-corrected chi connectivity index (χ4v) is 1.72. The summed E-state index contributed by atoms with van der Waals surface area (Å²) in [5, 5.41) is 0. The minimum absolute atomic E-state index is 0.197. The van der Waals surface area contributed by atoms with Gasteiger partial charge in [-0.2, -0.15) is 0 Å². The summed E-state index contributed by atoms with van der Waals surface area (Å²) < 4.78 is 2.16. The van der Waals surface area contributed by atoms with Crippen molar-refractivity contribution in [2.75, 3.05) is 0 Å². The Kier molecular flexibility index (Phi) is 2.41. The molecular formula is C8H12N5OS+. The third-order valence-corrected chi connectivity index (χ3v) is 2.38. The first-order chi connectivity index (χ1) is 7.09. The average Bonchev–Trinajstić information content (AvgIpc) is 2.60. The smallest absolute Gasteiger partial charge is 0.277 e. The fraction of sp³-hybridized carbons (Fsp3) is 0.375. The van der Waals surface area contributed by atoms with Crippen molar-refractivity contribution < 1.29 is 5.73 Å². The highest BCUT2D eigenvalue weighted by molar-refractivity contribution is 7.71. The second-order valence-electron chi connectivity index (χ2n) is 3.58. The number of aromatic amines is 2. The van der Waals surface area contributed by atoms with E-state index in [1.165, 1.54) is 6.33 Å². The monoisotopic (exact) mass is 226 g/mol. The maximum Gasteiger partial charge on any atom is 0.277 e. The van der Waals surface area contributed by atoms with Gasteiger partial charge in [-0.3, -0.25) is 14.3 Å². The van der Waals surface area contributed by atoms with Crippen molar-refractivity contribution in [3.63, 3.8) is 0 Å². The molecule has 6 nitrogen and oxygen atoms in total. The highest BCUT2D eigenvalue weighted by Gasteiger charge is 2.09. The fourth-order valence-electron chi connectivity index (χ4n) is 1.46. The highest BCUT2D eigenvalue weighted by Crippen LogP contribution is 2.04. The molecule has 0 aliphatic rings. The SMILES string of the molecule is CC([NH3+])Cn1c(=S)[nH]c(=O)c2[nH]cnc21. The zero-order valence-electron chi connectivity index (χ0n) is 8.28. The summed E-state index contributed by atoms with van der Waals surface area (Å²) in [5.41, 5.74) is 4.69. The van der Waals surface area contributed by atoms with Crippen molar-refractivity contribution in [1.82, 2.24) is 19.5 Å². The van der Waals surface area contributed by atoms with Crippen LogP contribution in [-0.2, 0) is 6.54 Å².